The first kappa shape index (κ1) is 17.2. The van der Waals surface area contributed by atoms with E-state index >= 15 is 0 Å². The Bertz CT molecular complexity index is 941. The van der Waals surface area contributed by atoms with Gasteiger partial charge in [0, 0.05) is 18.8 Å². The lowest BCUT2D eigenvalue weighted by molar-refractivity contribution is -0.121. The molecule has 0 saturated carbocycles. The van der Waals surface area contributed by atoms with Gasteiger partial charge in [-0.15, -0.1) is 5.10 Å². The quantitative estimate of drug-likeness (QED) is 0.559. The molecule has 2 heterocycles. The molecule has 1 N–H and O–H groups in total. The number of carbonyl (C=O) groups is 1. The van der Waals surface area contributed by atoms with Gasteiger partial charge in [-0.1, -0.05) is 29.5 Å². The summed E-state index contributed by atoms with van der Waals surface area (Å²) >= 11 is 0. The van der Waals surface area contributed by atoms with E-state index in [1.165, 1.54) is 24.9 Å². The normalized spacial score (nSPS) is 14.7. The Balaban J connectivity index is 1.32. The van der Waals surface area contributed by atoms with Gasteiger partial charge in [-0.05, 0) is 49.1 Å². The lowest BCUT2D eigenvalue weighted by Crippen LogP contribution is -2.29. The fourth-order valence-corrected chi connectivity index (χ4v) is 3.31. The number of rotatable bonds is 5. The Morgan fingerprint density at radius 1 is 1.07 bits per heavy atom. The van der Waals surface area contributed by atoms with Crippen LogP contribution in [0.4, 0.5) is 5.69 Å². The lowest BCUT2D eigenvalue weighted by Gasteiger charge is -2.28. The van der Waals surface area contributed by atoms with Crippen LogP contribution in [0.15, 0.2) is 53.6 Å². The summed E-state index contributed by atoms with van der Waals surface area (Å²) in [6.07, 6.45) is 5.50. The van der Waals surface area contributed by atoms with Gasteiger partial charge < -0.3 is 4.90 Å². The molecule has 0 atom stereocenters. The fraction of sp³-hybridized carbons (Fsp3) is 0.300. The number of carbonyl (C=O) groups excluding carboxylic acids is 1. The van der Waals surface area contributed by atoms with Crippen LogP contribution in [0.1, 0.15) is 24.8 Å². The van der Waals surface area contributed by atoms with Crippen LogP contribution in [0, 0.1) is 0 Å². The number of hydrazone groups is 1. The molecule has 1 fully saturated rings. The molecule has 138 valence electrons. The van der Waals surface area contributed by atoms with E-state index in [1.807, 2.05) is 36.4 Å². The standard InChI is InChI=1S/C20H22N6O/c27-20(15-26-19-7-3-2-6-18(19)22-24-26)23-21-14-16-8-10-17(11-9-16)25-12-4-1-5-13-25/h2-3,6-11,14H,1,4-5,12-13,15H2,(H,23,27)/b21-14-. The number of aromatic nitrogens is 3. The monoisotopic (exact) mass is 362 g/mol. The first-order chi connectivity index (χ1) is 13.3. The van der Waals surface area contributed by atoms with Crippen LogP contribution >= 0.6 is 0 Å². The second-order valence-electron chi connectivity index (χ2n) is 6.67. The summed E-state index contributed by atoms with van der Waals surface area (Å²) in [5, 5.41) is 12.1. The second-order valence-corrected chi connectivity index (χ2v) is 6.67. The molecule has 1 aromatic heterocycles. The number of nitrogens with one attached hydrogen (secondary N) is 1. The lowest BCUT2D eigenvalue weighted by atomic mass is 10.1. The van der Waals surface area contributed by atoms with Crippen LogP contribution in [0.2, 0.25) is 0 Å². The van der Waals surface area contributed by atoms with Crippen molar-refractivity contribution in [2.24, 2.45) is 5.10 Å². The van der Waals surface area contributed by atoms with Crippen molar-refractivity contribution in [3.63, 3.8) is 0 Å². The fourth-order valence-electron chi connectivity index (χ4n) is 3.31. The highest BCUT2D eigenvalue weighted by Gasteiger charge is 2.10. The Labute approximate surface area is 157 Å². The van der Waals surface area contributed by atoms with E-state index in [0.717, 1.165) is 29.7 Å². The summed E-state index contributed by atoms with van der Waals surface area (Å²) in [6.45, 7) is 2.33. The van der Waals surface area contributed by atoms with Gasteiger partial charge in [-0.2, -0.15) is 5.10 Å². The SMILES string of the molecule is O=C(Cn1nnc2ccccc21)N/N=C\c1ccc(N2CCCCC2)cc1. The van der Waals surface area contributed by atoms with Crippen molar-refractivity contribution < 1.29 is 4.79 Å². The van der Waals surface area contributed by atoms with Crippen molar-refractivity contribution in [1.29, 1.82) is 0 Å². The highest BCUT2D eigenvalue weighted by Crippen LogP contribution is 2.19. The van der Waals surface area contributed by atoms with Gasteiger partial charge >= 0.3 is 0 Å². The van der Waals surface area contributed by atoms with Crippen LogP contribution in [-0.2, 0) is 11.3 Å². The average Bonchev–Trinajstić information content (AvgIpc) is 3.12. The minimum Gasteiger partial charge on any atom is -0.372 e. The number of anilines is 1. The molecule has 7 nitrogen and oxygen atoms in total. The molecule has 0 radical (unpaired) electrons. The molecule has 4 rings (SSSR count). The van der Waals surface area contributed by atoms with Gasteiger partial charge in [0.2, 0.25) is 0 Å². The number of hydrogen-bond acceptors (Lipinski definition) is 5. The number of hydrogen-bond donors (Lipinski definition) is 1. The maximum absolute atomic E-state index is 12.1. The van der Waals surface area contributed by atoms with E-state index in [1.54, 1.807) is 10.9 Å². The minimum atomic E-state index is -0.244. The highest BCUT2D eigenvalue weighted by atomic mass is 16.2. The number of para-hydroxylation sites is 1. The van der Waals surface area contributed by atoms with Crippen molar-refractivity contribution in [2.75, 3.05) is 18.0 Å². The molecule has 0 bridgehead atoms. The summed E-state index contributed by atoms with van der Waals surface area (Å²) in [7, 11) is 0. The molecular formula is C20H22N6O. The van der Waals surface area contributed by atoms with Crippen LogP contribution in [0.25, 0.3) is 11.0 Å². The zero-order valence-electron chi connectivity index (χ0n) is 15.1. The smallest absolute Gasteiger partial charge is 0.261 e. The second kappa shape index (κ2) is 7.99. The third kappa shape index (κ3) is 4.13. The number of nitrogens with zero attached hydrogens (tertiary/aromatic N) is 5. The van der Waals surface area contributed by atoms with Crippen molar-refractivity contribution in [3.05, 3.63) is 54.1 Å². The number of amides is 1. The van der Waals surface area contributed by atoms with Crippen molar-refractivity contribution in [3.8, 4) is 0 Å². The minimum absolute atomic E-state index is 0.0751. The van der Waals surface area contributed by atoms with Gasteiger partial charge in [0.25, 0.3) is 5.91 Å². The number of fused-ring (bicyclic) bond motifs is 1. The maximum Gasteiger partial charge on any atom is 0.261 e. The van der Waals surface area contributed by atoms with E-state index in [-0.39, 0.29) is 12.5 Å². The van der Waals surface area contributed by atoms with Crippen molar-refractivity contribution in [2.45, 2.75) is 25.8 Å². The first-order valence-corrected chi connectivity index (χ1v) is 9.25. The maximum atomic E-state index is 12.1. The zero-order chi connectivity index (χ0) is 18.5. The molecule has 1 aliphatic rings. The average molecular weight is 362 g/mol. The van der Waals surface area contributed by atoms with E-state index in [0.29, 0.717) is 0 Å². The Kier molecular flexibility index (Phi) is 5.09. The summed E-state index contributed by atoms with van der Waals surface area (Å²) in [5.74, 6) is -0.244. The predicted octanol–water partition coefficient (Wildman–Crippen LogP) is 2.57. The zero-order valence-corrected chi connectivity index (χ0v) is 15.1. The number of piperidine rings is 1. The molecule has 0 spiro atoms. The predicted molar refractivity (Wildman–Crippen MR) is 106 cm³/mol. The third-order valence-electron chi connectivity index (χ3n) is 4.73. The molecule has 1 aliphatic heterocycles. The van der Waals surface area contributed by atoms with Crippen LogP contribution in [-0.4, -0.2) is 40.2 Å². The third-order valence-corrected chi connectivity index (χ3v) is 4.73. The summed E-state index contributed by atoms with van der Waals surface area (Å²) in [6, 6.07) is 15.8. The van der Waals surface area contributed by atoms with Gasteiger partial charge in [-0.25, -0.2) is 10.1 Å². The van der Waals surface area contributed by atoms with Gasteiger partial charge in [-0.3, -0.25) is 4.79 Å². The molecule has 1 saturated heterocycles. The van der Waals surface area contributed by atoms with Gasteiger partial charge in [0.05, 0.1) is 11.7 Å². The largest absolute Gasteiger partial charge is 0.372 e. The Morgan fingerprint density at radius 3 is 2.67 bits per heavy atom. The molecule has 27 heavy (non-hydrogen) atoms. The molecule has 3 aromatic rings. The highest BCUT2D eigenvalue weighted by molar-refractivity contribution is 5.83. The summed E-state index contributed by atoms with van der Waals surface area (Å²) < 4.78 is 1.56. The topological polar surface area (TPSA) is 75.4 Å². The van der Waals surface area contributed by atoms with Crippen LogP contribution in [0.3, 0.4) is 0 Å². The molecule has 7 heteroatoms. The van der Waals surface area contributed by atoms with E-state index < -0.39 is 0 Å². The molecule has 0 aliphatic carbocycles. The Morgan fingerprint density at radius 2 is 1.85 bits per heavy atom. The summed E-state index contributed by atoms with van der Waals surface area (Å²) in [4.78, 5) is 14.5. The molecule has 1 amide bonds. The molecule has 2 aromatic carbocycles. The van der Waals surface area contributed by atoms with Crippen molar-refractivity contribution in [1.82, 2.24) is 20.4 Å². The van der Waals surface area contributed by atoms with E-state index in [9.17, 15) is 4.79 Å². The van der Waals surface area contributed by atoms with Crippen LogP contribution in [0.5, 0.6) is 0 Å². The van der Waals surface area contributed by atoms with Crippen molar-refractivity contribution >= 4 is 28.8 Å². The molecule has 0 unspecified atom stereocenters. The van der Waals surface area contributed by atoms with Gasteiger partial charge in [0.1, 0.15) is 12.1 Å². The van der Waals surface area contributed by atoms with E-state index in [2.05, 4.69) is 37.9 Å². The van der Waals surface area contributed by atoms with E-state index in [4.69, 9.17) is 0 Å². The molecular weight excluding hydrogens is 340 g/mol. The number of benzene rings is 2. The Hall–Kier alpha value is -3.22. The van der Waals surface area contributed by atoms with Crippen LogP contribution < -0.4 is 10.3 Å². The summed E-state index contributed by atoms with van der Waals surface area (Å²) in [5.41, 5.74) is 6.32. The van der Waals surface area contributed by atoms with Gasteiger partial charge in [0.15, 0.2) is 0 Å². The first-order valence-electron chi connectivity index (χ1n) is 9.25.